The second-order valence-electron chi connectivity index (χ2n) is 14.7. The van der Waals surface area contributed by atoms with Crippen LogP contribution in [0, 0.1) is 0 Å². The van der Waals surface area contributed by atoms with Crippen LogP contribution < -0.4 is 5.73 Å². The van der Waals surface area contributed by atoms with Gasteiger partial charge in [-0.25, -0.2) is 9.59 Å². The van der Waals surface area contributed by atoms with E-state index >= 15 is 0 Å². The number of benzene rings is 2. The maximum atomic E-state index is 12.1. The number of piperidine rings is 2. The molecule has 2 amide bonds. The lowest BCUT2D eigenvalue weighted by molar-refractivity contribution is 0.103. The van der Waals surface area contributed by atoms with E-state index in [9.17, 15) is 9.59 Å². The quantitative estimate of drug-likeness (QED) is 0.199. The monoisotopic (exact) mass is 1000 g/mol. The summed E-state index contributed by atoms with van der Waals surface area (Å²) in [6.07, 6.45) is 9.48. The zero-order chi connectivity index (χ0) is 42.0. The Morgan fingerprint density at radius 2 is 1.07 bits per heavy atom. The van der Waals surface area contributed by atoms with Gasteiger partial charge in [0.1, 0.15) is 0 Å². The van der Waals surface area contributed by atoms with E-state index in [0.717, 1.165) is 111 Å². The van der Waals surface area contributed by atoms with Crippen LogP contribution in [0.2, 0.25) is 20.1 Å². The smallest absolute Gasteiger partial charge is 0.409 e. The maximum Gasteiger partial charge on any atom is 0.409 e. The highest BCUT2D eigenvalue weighted by Crippen LogP contribution is 2.46. The highest BCUT2D eigenvalue weighted by molar-refractivity contribution is 9.10. The number of carbonyl (C=O) groups is 2. The van der Waals surface area contributed by atoms with Crippen molar-refractivity contribution in [3.8, 4) is 0 Å². The summed E-state index contributed by atoms with van der Waals surface area (Å²) < 4.78 is 12.2. The summed E-state index contributed by atoms with van der Waals surface area (Å²) >= 11 is 33.2. The van der Waals surface area contributed by atoms with Crippen LogP contribution in [0.4, 0.5) is 15.3 Å². The third-order valence-electron chi connectivity index (χ3n) is 11.1. The SMILES string of the molecule is CCOC(=O)N1CCC(=C2c3ncc(Br)cc3CCc3cc(Cl)c(N)c(Cl)c32)CC1.CCOC(=O)N1CCC(=C2c3ncc(Br)cc3CCc3cc(Cl)cc(Cl)c32)CC1. The van der Waals surface area contributed by atoms with E-state index in [-0.39, 0.29) is 12.2 Å². The van der Waals surface area contributed by atoms with Crippen molar-refractivity contribution in [2.24, 2.45) is 0 Å². The van der Waals surface area contributed by atoms with Gasteiger partial charge in [0.25, 0.3) is 0 Å². The molecule has 4 aromatic rings. The molecule has 2 fully saturated rings. The first-order valence-electron chi connectivity index (χ1n) is 19.7. The number of anilines is 1. The van der Waals surface area contributed by atoms with Gasteiger partial charge >= 0.3 is 12.2 Å². The van der Waals surface area contributed by atoms with E-state index in [1.807, 2.05) is 38.4 Å². The van der Waals surface area contributed by atoms with E-state index in [4.69, 9.17) is 71.6 Å². The zero-order valence-electron chi connectivity index (χ0n) is 32.7. The van der Waals surface area contributed by atoms with Crippen molar-refractivity contribution in [1.29, 1.82) is 0 Å². The van der Waals surface area contributed by atoms with Crippen molar-refractivity contribution < 1.29 is 19.1 Å². The number of rotatable bonds is 2. The summed E-state index contributed by atoms with van der Waals surface area (Å²) in [5.41, 5.74) is 19.6. The van der Waals surface area contributed by atoms with Gasteiger partial charge in [0, 0.05) is 74.8 Å². The number of amides is 2. The summed E-state index contributed by atoms with van der Waals surface area (Å²) in [6, 6.07) is 9.99. The topological polar surface area (TPSA) is 111 Å². The summed E-state index contributed by atoms with van der Waals surface area (Å²) in [6.45, 7) is 6.85. The second kappa shape index (κ2) is 19.2. The number of ether oxygens (including phenoxy) is 2. The minimum absolute atomic E-state index is 0.245. The fraction of sp³-hybridized carbons (Fsp3) is 0.364. The van der Waals surface area contributed by atoms with Crippen LogP contribution in [-0.4, -0.2) is 71.3 Å². The molecule has 2 aliphatic carbocycles. The summed E-state index contributed by atoms with van der Waals surface area (Å²) in [4.78, 5) is 37.3. The van der Waals surface area contributed by atoms with Crippen LogP contribution in [0.25, 0.3) is 11.1 Å². The van der Waals surface area contributed by atoms with Crippen molar-refractivity contribution in [2.45, 2.75) is 65.2 Å². The van der Waals surface area contributed by atoms with Gasteiger partial charge in [0.15, 0.2) is 0 Å². The molecule has 0 atom stereocenters. The number of aryl methyl sites for hydroxylation is 4. The predicted octanol–water partition coefficient (Wildman–Crippen LogP) is 12.2. The fourth-order valence-corrected chi connectivity index (χ4v) is 10.3. The van der Waals surface area contributed by atoms with Crippen LogP contribution in [-0.2, 0) is 35.2 Å². The van der Waals surface area contributed by atoms with Gasteiger partial charge < -0.3 is 25.0 Å². The number of nitrogens with zero attached hydrogens (tertiary/aromatic N) is 4. The lowest BCUT2D eigenvalue weighted by atomic mass is 9.88. The number of pyridine rings is 2. The number of likely N-dealkylation sites (tertiary alicyclic amines) is 2. The van der Waals surface area contributed by atoms with E-state index in [2.05, 4.69) is 44.0 Å². The summed E-state index contributed by atoms with van der Waals surface area (Å²) in [5.74, 6) is 0. The minimum atomic E-state index is -0.265. The van der Waals surface area contributed by atoms with Crippen molar-refractivity contribution in [1.82, 2.24) is 19.8 Å². The summed E-state index contributed by atoms with van der Waals surface area (Å²) in [7, 11) is 0. The minimum Gasteiger partial charge on any atom is -0.450 e. The first-order chi connectivity index (χ1) is 28.4. The van der Waals surface area contributed by atoms with Crippen molar-refractivity contribution >= 4 is 107 Å². The molecule has 2 saturated heterocycles. The molecule has 59 heavy (non-hydrogen) atoms. The highest BCUT2D eigenvalue weighted by Gasteiger charge is 2.31. The molecule has 0 bridgehead atoms. The Hall–Kier alpha value is -3.32. The molecule has 310 valence electrons. The number of aromatic nitrogens is 2. The number of nitrogen functional groups attached to an aromatic ring is 1. The third kappa shape index (κ3) is 9.46. The molecule has 4 aliphatic rings. The van der Waals surface area contributed by atoms with Crippen LogP contribution in [0.3, 0.4) is 0 Å². The van der Waals surface area contributed by atoms with Crippen LogP contribution >= 0.6 is 78.3 Å². The molecule has 0 saturated carbocycles. The number of nitrogens with two attached hydrogens (primary N) is 1. The van der Waals surface area contributed by atoms with Gasteiger partial charge in [-0.3, -0.25) is 9.97 Å². The molecule has 0 unspecified atom stereocenters. The Morgan fingerprint density at radius 3 is 1.54 bits per heavy atom. The van der Waals surface area contributed by atoms with Crippen LogP contribution in [0.15, 0.2) is 62.8 Å². The molecule has 2 N–H and O–H groups in total. The Balaban J connectivity index is 0.000000179. The van der Waals surface area contributed by atoms with Gasteiger partial charge in [-0.05, 0) is 150 Å². The Labute approximate surface area is 381 Å². The number of hydrogen-bond donors (Lipinski definition) is 1. The molecule has 2 aromatic carbocycles. The van der Waals surface area contributed by atoms with Crippen molar-refractivity contribution in [2.75, 3.05) is 45.1 Å². The fourth-order valence-electron chi connectivity index (χ4n) is 8.36. The molecule has 2 aliphatic heterocycles. The molecule has 2 aromatic heterocycles. The Kier molecular flexibility index (Phi) is 14.2. The van der Waals surface area contributed by atoms with E-state index < -0.39 is 0 Å². The van der Waals surface area contributed by atoms with Gasteiger partial charge in [-0.2, -0.15) is 0 Å². The van der Waals surface area contributed by atoms with Crippen LogP contribution in [0.1, 0.15) is 84.3 Å². The number of hydrogen-bond acceptors (Lipinski definition) is 7. The molecular formula is C44H43Br2Cl4N5O4. The van der Waals surface area contributed by atoms with E-state index in [1.54, 1.807) is 15.9 Å². The largest absolute Gasteiger partial charge is 0.450 e. The normalized spacial score (nSPS) is 16.1. The molecule has 9 nitrogen and oxygen atoms in total. The molecule has 8 rings (SSSR count). The van der Waals surface area contributed by atoms with Gasteiger partial charge in [-0.15, -0.1) is 0 Å². The number of halogens is 6. The number of fused-ring (bicyclic) bond motifs is 4. The maximum absolute atomic E-state index is 12.1. The first-order valence-corrected chi connectivity index (χ1v) is 22.8. The van der Waals surface area contributed by atoms with Gasteiger partial charge in [-0.1, -0.05) is 57.5 Å². The second-order valence-corrected chi connectivity index (χ2v) is 18.2. The molecule has 0 spiro atoms. The van der Waals surface area contributed by atoms with E-state index in [1.165, 1.54) is 16.7 Å². The lowest BCUT2D eigenvalue weighted by Crippen LogP contribution is -2.37. The third-order valence-corrected chi connectivity index (χ3v) is 13.2. The molecule has 15 heteroatoms. The Bertz CT molecular complexity index is 2370. The summed E-state index contributed by atoms with van der Waals surface area (Å²) in [5, 5.41) is 2.25. The van der Waals surface area contributed by atoms with Crippen molar-refractivity contribution in [3.05, 3.63) is 128 Å². The van der Waals surface area contributed by atoms with Crippen LogP contribution in [0.5, 0.6) is 0 Å². The van der Waals surface area contributed by atoms with Gasteiger partial charge in [0.2, 0.25) is 0 Å². The lowest BCUT2D eigenvalue weighted by Gasteiger charge is -2.30. The highest BCUT2D eigenvalue weighted by atomic mass is 79.9. The predicted molar refractivity (Wildman–Crippen MR) is 244 cm³/mol. The average molecular weight is 1010 g/mol. The standard InChI is InChI=1S/C22H22BrCl2N3O2.C22H21BrCl2N2O2/c1-2-30-22(29)28-7-5-12(6-8-28)18-17-13(10-16(24)20(26)19(17)25)3-4-14-9-15(23)11-27-21(14)18;1-2-29-22(28)27-7-5-13(6-8-27)20-19-14(10-17(24)11-18(19)25)3-4-15-9-16(23)12-26-21(15)20/h9-11H,2-8,26H2,1H3;9-12H,2-8H2,1H3. The van der Waals surface area contributed by atoms with Gasteiger partial charge in [0.05, 0.1) is 45.4 Å². The average Bonchev–Trinajstić information content (AvgIpc) is 3.48. The molecular weight excluding hydrogens is 964 g/mol. The Morgan fingerprint density at radius 1 is 0.627 bits per heavy atom. The zero-order valence-corrected chi connectivity index (χ0v) is 38.9. The molecule has 4 heterocycles. The molecule has 0 radical (unpaired) electrons. The van der Waals surface area contributed by atoms with E-state index in [0.29, 0.717) is 65.2 Å². The first kappa shape index (κ1) is 43.8. The van der Waals surface area contributed by atoms with Crippen molar-refractivity contribution in [3.63, 3.8) is 0 Å². The number of carbonyl (C=O) groups excluding carboxylic acids is 2.